The van der Waals surface area contributed by atoms with Crippen molar-refractivity contribution in [2.24, 2.45) is 11.7 Å². The molecule has 0 aliphatic heterocycles. The van der Waals surface area contributed by atoms with Crippen molar-refractivity contribution in [3.05, 3.63) is 35.9 Å². The van der Waals surface area contributed by atoms with Gasteiger partial charge >= 0.3 is 0 Å². The molecule has 3 N–H and O–H groups in total. The van der Waals surface area contributed by atoms with E-state index in [4.69, 9.17) is 5.73 Å². The monoisotopic (exact) mass is 192 g/mol. The molecule has 14 heavy (non-hydrogen) atoms. The summed E-state index contributed by atoms with van der Waals surface area (Å²) >= 11 is 0. The summed E-state index contributed by atoms with van der Waals surface area (Å²) in [6.07, 6.45) is 0. The molecule has 0 saturated heterocycles. The summed E-state index contributed by atoms with van der Waals surface area (Å²) in [5, 5.41) is 3.35. The molecule has 1 atom stereocenters. The highest BCUT2D eigenvalue weighted by molar-refractivity contribution is 5.14. The van der Waals surface area contributed by atoms with E-state index in [-0.39, 0.29) is 5.66 Å². The van der Waals surface area contributed by atoms with Crippen LogP contribution in [-0.2, 0) is 6.54 Å². The third-order valence-electron chi connectivity index (χ3n) is 2.72. The number of nitrogens with two attached hydrogens (primary N) is 1. The lowest BCUT2D eigenvalue weighted by atomic mass is 9.99. The van der Waals surface area contributed by atoms with Gasteiger partial charge in [-0.25, -0.2) is 0 Å². The molecule has 2 heteroatoms. The molecular formula is C12H20N2. The fraction of sp³-hybridized carbons (Fsp3) is 0.500. The highest BCUT2D eigenvalue weighted by Gasteiger charge is 2.21. The summed E-state index contributed by atoms with van der Waals surface area (Å²) in [6, 6.07) is 10.3. The van der Waals surface area contributed by atoms with E-state index in [0.717, 1.165) is 6.54 Å². The molecule has 0 aliphatic carbocycles. The van der Waals surface area contributed by atoms with Crippen LogP contribution in [0.4, 0.5) is 0 Å². The van der Waals surface area contributed by atoms with E-state index in [0.29, 0.717) is 5.92 Å². The molecule has 0 fully saturated rings. The van der Waals surface area contributed by atoms with Crippen LogP contribution in [0.1, 0.15) is 26.3 Å². The van der Waals surface area contributed by atoms with Gasteiger partial charge in [0.25, 0.3) is 0 Å². The highest BCUT2D eigenvalue weighted by atomic mass is 15.1. The zero-order valence-corrected chi connectivity index (χ0v) is 9.25. The van der Waals surface area contributed by atoms with Gasteiger partial charge in [-0.1, -0.05) is 44.2 Å². The van der Waals surface area contributed by atoms with E-state index >= 15 is 0 Å². The first-order chi connectivity index (χ1) is 6.52. The van der Waals surface area contributed by atoms with Crippen LogP contribution >= 0.6 is 0 Å². The molecule has 0 heterocycles. The molecule has 0 saturated carbocycles. The third-order valence-corrected chi connectivity index (χ3v) is 2.72. The lowest BCUT2D eigenvalue weighted by molar-refractivity contribution is 0.268. The Hall–Kier alpha value is -0.860. The lowest BCUT2D eigenvalue weighted by Gasteiger charge is -2.30. The molecule has 0 bridgehead atoms. The van der Waals surface area contributed by atoms with Crippen LogP contribution in [0, 0.1) is 5.92 Å². The van der Waals surface area contributed by atoms with Crippen LogP contribution in [0.2, 0.25) is 0 Å². The van der Waals surface area contributed by atoms with E-state index in [2.05, 4.69) is 31.3 Å². The molecule has 1 rings (SSSR count). The van der Waals surface area contributed by atoms with E-state index < -0.39 is 0 Å². The van der Waals surface area contributed by atoms with Crippen molar-refractivity contribution in [1.82, 2.24) is 5.32 Å². The number of hydrogen-bond donors (Lipinski definition) is 2. The van der Waals surface area contributed by atoms with Gasteiger partial charge in [-0.2, -0.15) is 0 Å². The van der Waals surface area contributed by atoms with Gasteiger partial charge in [0.05, 0.1) is 5.66 Å². The minimum absolute atomic E-state index is 0.296. The standard InChI is InChI=1S/C12H20N2/c1-10(2)12(3,13)14-9-11-7-5-4-6-8-11/h4-8,10,14H,9,13H2,1-3H3. The maximum absolute atomic E-state index is 6.10. The van der Waals surface area contributed by atoms with Crippen LogP contribution < -0.4 is 11.1 Å². The fourth-order valence-electron chi connectivity index (χ4n) is 1.09. The number of benzene rings is 1. The van der Waals surface area contributed by atoms with Gasteiger partial charge in [-0.3, -0.25) is 5.32 Å². The van der Waals surface area contributed by atoms with Gasteiger partial charge in [0.1, 0.15) is 0 Å². The Labute approximate surface area is 86.5 Å². The topological polar surface area (TPSA) is 38.0 Å². The molecular weight excluding hydrogens is 172 g/mol. The summed E-state index contributed by atoms with van der Waals surface area (Å²) in [7, 11) is 0. The molecule has 0 aliphatic rings. The number of rotatable bonds is 4. The first kappa shape index (κ1) is 11.2. The van der Waals surface area contributed by atoms with Gasteiger partial charge in [0, 0.05) is 6.54 Å². The molecule has 1 aromatic carbocycles. The highest BCUT2D eigenvalue weighted by Crippen LogP contribution is 2.10. The van der Waals surface area contributed by atoms with Crippen molar-refractivity contribution in [1.29, 1.82) is 0 Å². The van der Waals surface area contributed by atoms with Crippen LogP contribution in [0.25, 0.3) is 0 Å². The molecule has 1 aromatic rings. The largest absolute Gasteiger partial charge is 0.313 e. The normalized spacial score (nSPS) is 15.5. The average molecular weight is 192 g/mol. The summed E-state index contributed by atoms with van der Waals surface area (Å²) in [6.45, 7) is 7.10. The van der Waals surface area contributed by atoms with Crippen LogP contribution in [0.5, 0.6) is 0 Å². The Morgan fingerprint density at radius 1 is 1.29 bits per heavy atom. The van der Waals surface area contributed by atoms with Crippen molar-refractivity contribution in [3.8, 4) is 0 Å². The minimum atomic E-state index is -0.296. The Balaban J connectivity index is 2.49. The summed E-state index contributed by atoms with van der Waals surface area (Å²) in [4.78, 5) is 0. The lowest BCUT2D eigenvalue weighted by Crippen LogP contribution is -2.54. The van der Waals surface area contributed by atoms with E-state index in [9.17, 15) is 0 Å². The second-order valence-electron chi connectivity index (χ2n) is 4.28. The molecule has 78 valence electrons. The molecule has 1 unspecified atom stereocenters. The minimum Gasteiger partial charge on any atom is -0.313 e. The van der Waals surface area contributed by atoms with Gasteiger partial charge in [0.2, 0.25) is 0 Å². The second-order valence-corrected chi connectivity index (χ2v) is 4.28. The molecule has 0 radical (unpaired) electrons. The zero-order chi connectivity index (χ0) is 10.6. The van der Waals surface area contributed by atoms with Crippen molar-refractivity contribution in [2.75, 3.05) is 0 Å². The zero-order valence-electron chi connectivity index (χ0n) is 9.25. The van der Waals surface area contributed by atoms with E-state index in [1.54, 1.807) is 0 Å². The maximum Gasteiger partial charge on any atom is 0.0659 e. The molecule has 0 amide bonds. The van der Waals surface area contributed by atoms with Crippen molar-refractivity contribution in [3.63, 3.8) is 0 Å². The Morgan fingerprint density at radius 2 is 1.86 bits per heavy atom. The Kier molecular flexibility index (Phi) is 3.67. The van der Waals surface area contributed by atoms with Gasteiger partial charge in [0.15, 0.2) is 0 Å². The van der Waals surface area contributed by atoms with Gasteiger partial charge in [-0.15, -0.1) is 0 Å². The number of hydrogen-bond acceptors (Lipinski definition) is 2. The molecule has 0 aromatic heterocycles. The summed E-state index contributed by atoms with van der Waals surface area (Å²) < 4.78 is 0. The van der Waals surface area contributed by atoms with Crippen LogP contribution in [0.15, 0.2) is 30.3 Å². The Bertz CT molecular complexity index is 265. The summed E-state index contributed by atoms with van der Waals surface area (Å²) in [5.41, 5.74) is 7.07. The predicted octanol–water partition coefficient (Wildman–Crippen LogP) is 2.11. The van der Waals surface area contributed by atoms with Crippen LogP contribution in [0.3, 0.4) is 0 Å². The van der Waals surface area contributed by atoms with E-state index in [1.165, 1.54) is 5.56 Å². The quantitative estimate of drug-likeness (QED) is 0.717. The van der Waals surface area contributed by atoms with Gasteiger partial charge < -0.3 is 5.73 Å². The first-order valence-corrected chi connectivity index (χ1v) is 5.10. The van der Waals surface area contributed by atoms with Crippen molar-refractivity contribution in [2.45, 2.75) is 33.0 Å². The van der Waals surface area contributed by atoms with Crippen molar-refractivity contribution >= 4 is 0 Å². The summed E-state index contributed by atoms with van der Waals surface area (Å²) in [5.74, 6) is 0.422. The predicted molar refractivity (Wildman–Crippen MR) is 60.7 cm³/mol. The Morgan fingerprint density at radius 3 is 2.36 bits per heavy atom. The van der Waals surface area contributed by atoms with E-state index in [1.807, 2.05) is 25.1 Å². The SMILES string of the molecule is CC(C)C(C)(N)NCc1ccccc1. The average Bonchev–Trinajstić information content (AvgIpc) is 2.16. The third kappa shape index (κ3) is 3.13. The first-order valence-electron chi connectivity index (χ1n) is 5.10. The second kappa shape index (κ2) is 4.58. The maximum atomic E-state index is 6.10. The molecule has 2 nitrogen and oxygen atoms in total. The van der Waals surface area contributed by atoms with Crippen molar-refractivity contribution < 1.29 is 0 Å². The smallest absolute Gasteiger partial charge is 0.0659 e. The fourth-order valence-corrected chi connectivity index (χ4v) is 1.09. The van der Waals surface area contributed by atoms with Gasteiger partial charge in [-0.05, 0) is 18.4 Å². The van der Waals surface area contributed by atoms with Crippen LogP contribution in [-0.4, -0.2) is 5.66 Å². The molecule has 0 spiro atoms. The number of nitrogens with one attached hydrogen (secondary N) is 1.